The van der Waals surface area contributed by atoms with E-state index in [-0.39, 0.29) is 19.5 Å². The highest BCUT2D eigenvalue weighted by molar-refractivity contribution is 7.91. The van der Waals surface area contributed by atoms with Crippen LogP contribution in [0.1, 0.15) is 17.5 Å². The minimum Gasteiger partial charge on any atom is -0.475 e. The molecule has 1 aliphatic rings. The predicted molar refractivity (Wildman–Crippen MR) is 113 cm³/mol. The average molecular weight is 544 g/mol. The second-order valence-electron chi connectivity index (χ2n) is 6.52. The summed E-state index contributed by atoms with van der Waals surface area (Å²) in [6.45, 7) is 0.748. The van der Waals surface area contributed by atoms with Crippen LogP contribution in [-0.2, 0) is 26.2 Å². The first-order valence-corrected chi connectivity index (χ1v) is 11.8. The van der Waals surface area contributed by atoms with Gasteiger partial charge in [-0.3, -0.25) is 4.79 Å². The Morgan fingerprint density at radius 3 is 2.48 bits per heavy atom. The fourth-order valence-electron chi connectivity index (χ4n) is 2.67. The third-order valence-corrected chi connectivity index (χ3v) is 7.97. The number of nitrogens with one attached hydrogen (secondary N) is 1. The van der Waals surface area contributed by atoms with Gasteiger partial charge in [0.2, 0.25) is 5.91 Å². The van der Waals surface area contributed by atoms with Crippen molar-refractivity contribution in [3.05, 3.63) is 50.8 Å². The lowest BCUT2D eigenvalue weighted by molar-refractivity contribution is -0.192. The summed E-state index contributed by atoms with van der Waals surface area (Å²) in [6.07, 6.45) is -4.72. The van der Waals surface area contributed by atoms with E-state index in [1.807, 2.05) is 6.07 Å². The molecule has 8 nitrogen and oxygen atoms in total. The Kier molecular flexibility index (Phi) is 8.72. The van der Waals surface area contributed by atoms with Gasteiger partial charge < -0.3 is 10.0 Å². The number of sulfonamides is 1. The standard InChI is InChI=1S/C16H13Cl2N3O3S2.C2HF3O2/c17-12-7-14(25-15(12)18)26(23,24)20-13-4-5-21(16(13)22)9-11-3-1-2-10(6-11)8-19;3-2(4,5)1(6)7/h1-3,6-7,13,20H,4-5,9H2;(H,6,7)/t13-;/m0./s1. The van der Waals surface area contributed by atoms with Crippen molar-refractivity contribution in [2.75, 3.05) is 6.54 Å². The van der Waals surface area contributed by atoms with Gasteiger partial charge in [0.05, 0.1) is 16.7 Å². The molecule has 1 aliphatic heterocycles. The molecule has 3 rings (SSSR count). The van der Waals surface area contributed by atoms with Gasteiger partial charge in [-0.15, -0.1) is 11.3 Å². The number of alkyl halides is 3. The van der Waals surface area contributed by atoms with Crippen molar-refractivity contribution in [3.63, 3.8) is 0 Å². The zero-order valence-corrected chi connectivity index (χ0v) is 19.4. The molecule has 1 saturated heterocycles. The van der Waals surface area contributed by atoms with Gasteiger partial charge in [-0.2, -0.15) is 23.2 Å². The molecule has 0 radical (unpaired) electrons. The number of halogens is 5. The third kappa shape index (κ3) is 7.31. The molecular formula is C18H14Cl2F3N3O5S2. The van der Waals surface area contributed by atoms with Crippen molar-refractivity contribution in [2.45, 2.75) is 29.4 Å². The quantitative estimate of drug-likeness (QED) is 0.592. The summed E-state index contributed by atoms with van der Waals surface area (Å²) in [5.41, 5.74) is 1.33. The summed E-state index contributed by atoms with van der Waals surface area (Å²) < 4.78 is 59.2. The van der Waals surface area contributed by atoms with Gasteiger partial charge in [0, 0.05) is 13.1 Å². The number of rotatable bonds is 5. The summed E-state index contributed by atoms with van der Waals surface area (Å²) in [6, 6.07) is 9.45. The fraction of sp³-hybridized carbons (Fsp3) is 0.278. The van der Waals surface area contributed by atoms with Gasteiger partial charge in [0.1, 0.15) is 14.6 Å². The summed E-state index contributed by atoms with van der Waals surface area (Å²) in [7, 11) is -3.88. The van der Waals surface area contributed by atoms with Crippen LogP contribution in [0.25, 0.3) is 0 Å². The Balaban J connectivity index is 0.000000479. The molecule has 0 bridgehead atoms. The van der Waals surface area contributed by atoms with Crippen LogP contribution in [0.5, 0.6) is 0 Å². The van der Waals surface area contributed by atoms with Crippen LogP contribution in [0.15, 0.2) is 34.5 Å². The third-order valence-electron chi connectivity index (χ3n) is 4.15. The van der Waals surface area contributed by atoms with Gasteiger partial charge >= 0.3 is 12.1 Å². The van der Waals surface area contributed by atoms with Crippen molar-refractivity contribution < 1.29 is 36.3 Å². The van der Waals surface area contributed by atoms with Crippen molar-refractivity contribution in [1.82, 2.24) is 9.62 Å². The molecule has 178 valence electrons. The number of nitrogens with zero attached hydrogens (tertiary/aromatic N) is 2. The Labute approximate surface area is 200 Å². The molecular weight excluding hydrogens is 530 g/mol. The summed E-state index contributed by atoms with van der Waals surface area (Å²) in [5.74, 6) is -3.06. The van der Waals surface area contributed by atoms with Crippen LogP contribution in [0, 0.1) is 11.3 Å². The van der Waals surface area contributed by atoms with Crippen LogP contribution in [0.2, 0.25) is 9.36 Å². The van der Waals surface area contributed by atoms with E-state index in [1.165, 1.54) is 6.07 Å². The molecule has 1 aromatic heterocycles. The number of nitriles is 1. The van der Waals surface area contributed by atoms with Gasteiger partial charge in [-0.25, -0.2) is 13.2 Å². The molecule has 1 aromatic carbocycles. The molecule has 2 heterocycles. The number of benzene rings is 1. The molecule has 0 unspecified atom stereocenters. The van der Waals surface area contributed by atoms with Crippen molar-refractivity contribution in [1.29, 1.82) is 5.26 Å². The number of carbonyl (C=O) groups excluding carboxylic acids is 1. The number of carbonyl (C=O) groups is 2. The van der Waals surface area contributed by atoms with E-state index in [0.29, 0.717) is 25.1 Å². The average Bonchev–Trinajstić information content (AvgIpc) is 3.24. The van der Waals surface area contributed by atoms with Crippen LogP contribution in [-0.4, -0.2) is 49.1 Å². The number of hydrogen-bond donors (Lipinski definition) is 2. The highest BCUT2D eigenvalue weighted by atomic mass is 35.5. The topological polar surface area (TPSA) is 128 Å². The first kappa shape index (κ1) is 26.9. The lowest BCUT2D eigenvalue weighted by Gasteiger charge is -2.17. The van der Waals surface area contributed by atoms with Crippen molar-refractivity contribution >= 4 is 56.4 Å². The molecule has 2 aromatic rings. The molecule has 0 saturated carbocycles. The van der Waals surface area contributed by atoms with E-state index < -0.39 is 28.2 Å². The van der Waals surface area contributed by atoms with E-state index in [2.05, 4.69) is 10.8 Å². The van der Waals surface area contributed by atoms with Crippen LogP contribution in [0.4, 0.5) is 13.2 Å². The number of carboxylic acids is 1. The monoisotopic (exact) mass is 543 g/mol. The van der Waals surface area contributed by atoms with E-state index in [0.717, 1.165) is 16.9 Å². The minimum absolute atomic E-state index is 0.0273. The Hall–Kier alpha value is -2.37. The number of amides is 1. The molecule has 1 amide bonds. The van der Waals surface area contributed by atoms with Gasteiger partial charge in [-0.05, 0) is 30.2 Å². The number of aliphatic carboxylic acids is 1. The van der Waals surface area contributed by atoms with Crippen LogP contribution in [0.3, 0.4) is 0 Å². The second kappa shape index (κ2) is 10.7. The summed E-state index contributed by atoms with van der Waals surface area (Å²) >= 11 is 12.5. The molecule has 33 heavy (non-hydrogen) atoms. The first-order chi connectivity index (χ1) is 15.2. The molecule has 1 fully saturated rings. The normalized spacial score (nSPS) is 16.2. The fourth-order valence-corrected chi connectivity index (χ4v) is 5.79. The Bertz CT molecular complexity index is 1180. The highest BCUT2D eigenvalue weighted by Crippen LogP contribution is 2.34. The lowest BCUT2D eigenvalue weighted by Crippen LogP contribution is -2.41. The largest absolute Gasteiger partial charge is 0.490 e. The summed E-state index contributed by atoms with van der Waals surface area (Å²) in [4.78, 5) is 23.0. The molecule has 0 aliphatic carbocycles. The van der Waals surface area contributed by atoms with Gasteiger partial charge in [-0.1, -0.05) is 35.3 Å². The minimum atomic E-state index is -5.08. The first-order valence-electron chi connectivity index (χ1n) is 8.79. The number of likely N-dealkylation sites (tertiary alicyclic amines) is 1. The number of thiophene rings is 1. The number of carboxylic acid groups (broad SMARTS) is 1. The molecule has 1 atom stereocenters. The maximum Gasteiger partial charge on any atom is 0.490 e. The molecule has 2 N–H and O–H groups in total. The smallest absolute Gasteiger partial charge is 0.475 e. The van der Waals surface area contributed by atoms with Gasteiger partial charge in [0.25, 0.3) is 10.0 Å². The van der Waals surface area contributed by atoms with E-state index >= 15 is 0 Å². The zero-order valence-electron chi connectivity index (χ0n) is 16.3. The van der Waals surface area contributed by atoms with Crippen LogP contribution >= 0.6 is 34.5 Å². The van der Waals surface area contributed by atoms with E-state index in [1.54, 1.807) is 23.1 Å². The maximum absolute atomic E-state index is 12.5. The second-order valence-corrected chi connectivity index (χ2v) is 10.5. The molecule has 15 heteroatoms. The van der Waals surface area contributed by atoms with Crippen LogP contribution < -0.4 is 4.72 Å². The Morgan fingerprint density at radius 2 is 1.97 bits per heavy atom. The lowest BCUT2D eigenvalue weighted by atomic mass is 10.1. The summed E-state index contributed by atoms with van der Waals surface area (Å²) in [5, 5.41) is 16.2. The van der Waals surface area contributed by atoms with E-state index in [4.69, 9.17) is 38.4 Å². The van der Waals surface area contributed by atoms with Crippen molar-refractivity contribution in [2.24, 2.45) is 0 Å². The Morgan fingerprint density at radius 1 is 1.33 bits per heavy atom. The maximum atomic E-state index is 12.5. The molecule has 0 spiro atoms. The van der Waals surface area contributed by atoms with Gasteiger partial charge in [0.15, 0.2) is 0 Å². The number of hydrogen-bond acceptors (Lipinski definition) is 6. The highest BCUT2D eigenvalue weighted by Gasteiger charge is 2.38. The van der Waals surface area contributed by atoms with Crippen molar-refractivity contribution in [3.8, 4) is 6.07 Å². The predicted octanol–water partition coefficient (Wildman–Crippen LogP) is 3.64. The van der Waals surface area contributed by atoms with E-state index in [9.17, 15) is 26.4 Å². The SMILES string of the molecule is N#Cc1cccc(CN2CC[C@H](NS(=O)(=O)c3cc(Cl)c(Cl)s3)C2=O)c1.O=C(O)C(F)(F)F. The zero-order chi connectivity index (χ0) is 25.0.